The highest BCUT2D eigenvalue weighted by Crippen LogP contribution is 2.31. The molecule has 1 aromatic rings. The van der Waals surface area contributed by atoms with E-state index in [0.29, 0.717) is 6.04 Å². The van der Waals surface area contributed by atoms with Crippen molar-refractivity contribution in [2.45, 2.75) is 57.7 Å². The van der Waals surface area contributed by atoms with E-state index in [1.807, 2.05) is 6.20 Å². The average molecular weight is 280 g/mol. The second-order valence-corrected chi connectivity index (χ2v) is 6.11. The van der Waals surface area contributed by atoms with Gasteiger partial charge in [0, 0.05) is 31.4 Å². The zero-order chi connectivity index (χ0) is 13.2. The van der Waals surface area contributed by atoms with Gasteiger partial charge in [-0.1, -0.05) is 18.5 Å². The van der Waals surface area contributed by atoms with Gasteiger partial charge in [0.25, 0.3) is 0 Å². The minimum absolute atomic E-state index is 0.612. The molecule has 0 aromatic carbocycles. The summed E-state index contributed by atoms with van der Waals surface area (Å²) < 4.78 is 0. The maximum absolute atomic E-state index is 6.43. The lowest BCUT2D eigenvalue weighted by atomic mass is 10.1. The monoisotopic (exact) mass is 279 g/mol. The number of halogens is 1. The van der Waals surface area contributed by atoms with Crippen molar-refractivity contribution < 1.29 is 0 Å². The van der Waals surface area contributed by atoms with Crippen molar-refractivity contribution >= 4 is 17.4 Å². The number of pyridine rings is 1. The Kier molecular flexibility index (Phi) is 3.94. The summed E-state index contributed by atoms with van der Waals surface area (Å²) in [5.74, 6) is 0.973. The highest BCUT2D eigenvalue weighted by Gasteiger charge is 2.26. The van der Waals surface area contributed by atoms with Crippen molar-refractivity contribution in [3.8, 4) is 0 Å². The molecular formula is C15H22ClN3. The summed E-state index contributed by atoms with van der Waals surface area (Å²) in [5, 5.41) is 4.30. The molecule has 3 nitrogen and oxygen atoms in total. The van der Waals surface area contributed by atoms with E-state index in [4.69, 9.17) is 11.6 Å². The number of nitrogens with one attached hydrogen (secondary N) is 1. The van der Waals surface area contributed by atoms with Crippen molar-refractivity contribution in [3.05, 3.63) is 22.8 Å². The van der Waals surface area contributed by atoms with E-state index in [1.54, 1.807) is 0 Å². The second-order valence-electron chi connectivity index (χ2n) is 5.70. The maximum atomic E-state index is 6.43. The molecule has 19 heavy (non-hydrogen) atoms. The quantitative estimate of drug-likeness (QED) is 0.896. The molecule has 3 rings (SSSR count). The summed E-state index contributed by atoms with van der Waals surface area (Å²) in [6.07, 6.45) is 8.28. The van der Waals surface area contributed by atoms with E-state index in [1.165, 1.54) is 37.7 Å². The van der Waals surface area contributed by atoms with Crippen molar-refractivity contribution in [3.63, 3.8) is 0 Å². The molecule has 104 valence electrons. The van der Waals surface area contributed by atoms with Gasteiger partial charge in [0.05, 0.1) is 5.02 Å². The minimum Gasteiger partial charge on any atom is -0.352 e. The van der Waals surface area contributed by atoms with Gasteiger partial charge in [-0.3, -0.25) is 0 Å². The maximum Gasteiger partial charge on any atom is 0.147 e. The fourth-order valence-corrected chi connectivity index (χ4v) is 3.16. The summed E-state index contributed by atoms with van der Waals surface area (Å²) in [6.45, 7) is 4.21. The molecule has 2 aliphatic rings. The summed E-state index contributed by atoms with van der Waals surface area (Å²) >= 11 is 6.43. The molecular weight excluding hydrogens is 258 g/mol. The molecule has 2 heterocycles. The van der Waals surface area contributed by atoms with Gasteiger partial charge in [-0.15, -0.1) is 0 Å². The second kappa shape index (κ2) is 5.68. The van der Waals surface area contributed by atoms with E-state index in [9.17, 15) is 0 Å². The van der Waals surface area contributed by atoms with E-state index in [0.717, 1.165) is 30.0 Å². The van der Waals surface area contributed by atoms with Crippen LogP contribution in [0.2, 0.25) is 5.02 Å². The zero-order valence-electron chi connectivity index (χ0n) is 11.5. The number of hydrogen-bond donors (Lipinski definition) is 1. The van der Waals surface area contributed by atoms with Gasteiger partial charge in [0.15, 0.2) is 0 Å². The van der Waals surface area contributed by atoms with Gasteiger partial charge in [-0.2, -0.15) is 0 Å². The molecule has 1 saturated carbocycles. The van der Waals surface area contributed by atoms with Crippen LogP contribution in [0.25, 0.3) is 0 Å². The largest absolute Gasteiger partial charge is 0.352 e. The van der Waals surface area contributed by atoms with Crippen molar-refractivity contribution in [1.82, 2.24) is 10.3 Å². The Hall–Kier alpha value is -0.800. The summed E-state index contributed by atoms with van der Waals surface area (Å²) in [4.78, 5) is 6.99. The number of hydrogen-bond acceptors (Lipinski definition) is 3. The Morgan fingerprint density at radius 3 is 2.95 bits per heavy atom. The first-order valence-corrected chi connectivity index (χ1v) is 7.80. The number of rotatable bonds is 5. The molecule has 0 amide bonds. The fraction of sp³-hybridized carbons (Fsp3) is 0.667. The number of nitrogens with zero attached hydrogens (tertiary/aromatic N) is 2. The van der Waals surface area contributed by atoms with Crippen LogP contribution in [0.1, 0.15) is 44.6 Å². The highest BCUT2D eigenvalue weighted by molar-refractivity contribution is 6.33. The zero-order valence-corrected chi connectivity index (χ0v) is 12.3. The topological polar surface area (TPSA) is 28.2 Å². The molecule has 0 bridgehead atoms. The Morgan fingerprint density at radius 1 is 1.42 bits per heavy atom. The van der Waals surface area contributed by atoms with Crippen LogP contribution in [-0.4, -0.2) is 23.6 Å². The Bertz CT molecular complexity index is 445. The first-order valence-electron chi connectivity index (χ1n) is 7.42. The average Bonchev–Trinajstić information content (AvgIpc) is 3.13. The molecule has 1 aliphatic heterocycles. The summed E-state index contributed by atoms with van der Waals surface area (Å²) in [6, 6.07) is 3.41. The smallest absolute Gasteiger partial charge is 0.147 e. The molecule has 1 aliphatic carbocycles. The Labute approximate surface area is 120 Å². The number of anilines is 1. The predicted octanol–water partition coefficient (Wildman–Crippen LogP) is 3.37. The van der Waals surface area contributed by atoms with Crippen LogP contribution in [0.3, 0.4) is 0 Å². The predicted molar refractivity (Wildman–Crippen MR) is 79.8 cm³/mol. The third kappa shape index (κ3) is 3.03. The Morgan fingerprint density at radius 2 is 2.26 bits per heavy atom. The molecule has 1 saturated heterocycles. The van der Waals surface area contributed by atoms with E-state index in [2.05, 4.69) is 28.2 Å². The molecule has 0 spiro atoms. The van der Waals surface area contributed by atoms with Crippen LogP contribution >= 0.6 is 11.6 Å². The minimum atomic E-state index is 0.612. The van der Waals surface area contributed by atoms with Crippen LogP contribution in [0.5, 0.6) is 0 Å². The third-order valence-corrected chi connectivity index (χ3v) is 4.45. The standard InChI is InChI=1S/C15H22ClN3/c1-2-13-4-3-7-19(13)15-14(16)8-11(10-18-15)9-17-12-5-6-12/h8,10,12-13,17H,2-7,9H2,1H3. The van der Waals surface area contributed by atoms with E-state index in [-0.39, 0.29) is 0 Å². The SMILES string of the molecule is CCC1CCCN1c1ncc(CNC2CC2)cc1Cl. The Balaban J connectivity index is 1.71. The van der Waals surface area contributed by atoms with Gasteiger partial charge < -0.3 is 10.2 Å². The van der Waals surface area contributed by atoms with Crippen molar-refractivity contribution in [1.29, 1.82) is 0 Å². The normalized spacial score (nSPS) is 23.1. The first-order chi connectivity index (χ1) is 9.28. The molecule has 0 radical (unpaired) electrons. The summed E-state index contributed by atoms with van der Waals surface area (Å²) in [7, 11) is 0. The van der Waals surface area contributed by atoms with Gasteiger partial charge in [0.2, 0.25) is 0 Å². The van der Waals surface area contributed by atoms with Gasteiger partial charge in [-0.05, 0) is 43.7 Å². The highest BCUT2D eigenvalue weighted by atomic mass is 35.5. The third-order valence-electron chi connectivity index (χ3n) is 4.17. The van der Waals surface area contributed by atoms with Crippen LogP contribution in [-0.2, 0) is 6.54 Å². The van der Waals surface area contributed by atoms with E-state index < -0.39 is 0 Å². The number of aromatic nitrogens is 1. The lowest BCUT2D eigenvalue weighted by Crippen LogP contribution is -2.29. The van der Waals surface area contributed by atoms with Crippen molar-refractivity contribution in [2.24, 2.45) is 0 Å². The molecule has 2 fully saturated rings. The first kappa shape index (κ1) is 13.2. The van der Waals surface area contributed by atoms with Crippen LogP contribution < -0.4 is 10.2 Å². The van der Waals surface area contributed by atoms with Gasteiger partial charge in [0.1, 0.15) is 5.82 Å². The van der Waals surface area contributed by atoms with Gasteiger partial charge >= 0.3 is 0 Å². The fourth-order valence-electron chi connectivity index (χ4n) is 2.87. The van der Waals surface area contributed by atoms with Crippen molar-refractivity contribution in [2.75, 3.05) is 11.4 Å². The lowest BCUT2D eigenvalue weighted by Gasteiger charge is -2.25. The molecule has 1 unspecified atom stereocenters. The van der Waals surface area contributed by atoms with Gasteiger partial charge in [-0.25, -0.2) is 4.98 Å². The van der Waals surface area contributed by atoms with Crippen LogP contribution in [0.15, 0.2) is 12.3 Å². The molecule has 4 heteroatoms. The molecule has 1 N–H and O–H groups in total. The molecule has 1 aromatic heterocycles. The molecule has 1 atom stereocenters. The van der Waals surface area contributed by atoms with E-state index >= 15 is 0 Å². The lowest BCUT2D eigenvalue weighted by molar-refractivity contribution is 0.639. The van der Waals surface area contributed by atoms with Crippen LogP contribution in [0.4, 0.5) is 5.82 Å². The van der Waals surface area contributed by atoms with Crippen LogP contribution in [0, 0.1) is 0 Å². The summed E-state index contributed by atoms with van der Waals surface area (Å²) in [5.41, 5.74) is 1.19.